The number of carbonyl (C=O) groups is 2. The molecule has 11 nitrogen and oxygen atoms in total. The number of hydrogen-bond donors (Lipinski definition) is 1. The van der Waals surface area contributed by atoms with Crippen LogP contribution in [0.3, 0.4) is 0 Å². The molecule has 0 radical (unpaired) electrons. The summed E-state index contributed by atoms with van der Waals surface area (Å²) in [5.41, 5.74) is -1.25. The number of amides is 2. The topological polar surface area (TPSA) is 137 Å². The molecule has 1 N–H and O–H groups in total. The smallest absolute Gasteiger partial charge is 0.427 e. The number of H-pyrrole nitrogens is 1. The van der Waals surface area contributed by atoms with Gasteiger partial charge in [-0.05, 0) is 53.7 Å². The number of aromatic amines is 1. The van der Waals surface area contributed by atoms with Crippen molar-refractivity contribution in [1.29, 1.82) is 0 Å². The third-order valence-electron chi connectivity index (χ3n) is 3.61. The summed E-state index contributed by atoms with van der Waals surface area (Å²) >= 11 is 0. The first-order chi connectivity index (χ1) is 14.2. The van der Waals surface area contributed by atoms with E-state index in [1.54, 1.807) is 47.6 Å². The molecule has 0 saturated carbocycles. The Labute approximate surface area is 179 Å². The lowest BCUT2D eigenvalue weighted by Crippen LogP contribution is -2.44. The second-order valence-corrected chi connectivity index (χ2v) is 8.56. The SMILES string of the molecule is COc1ccc(-c2cnc(N(C(=O)OC(C)(C)C)C(=O)OC(C)(C)C)[nH]2)cc1[N+](=O)[O-]. The highest BCUT2D eigenvalue weighted by atomic mass is 16.6. The second-order valence-electron chi connectivity index (χ2n) is 8.56. The number of benzene rings is 1. The normalized spacial score (nSPS) is 11.6. The van der Waals surface area contributed by atoms with Crippen LogP contribution in [0.4, 0.5) is 21.2 Å². The van der Waals surface area contributed by atoms with Crippen LogP contribution in [0.25, 0.3) is 11.3 Å². The van der Waals surface area contributed by atoms with Gasteiger partial charge in [0.25, 0.3) is 0 Å². The summed E-state index contributed by atoms with van der Waals surface area (Å²) in [5.74, 6) is -0.0606. The highest BCUT2D eigenvalue weighted by Crippen LogP contribution is 2.32. The molecule has 0 aliphatic rings. The Balaban J connectivity index is 2.46. The fourth-order valence-electron chi connectivity index (χ4n) is 2.43. The van der Waals surface area contributed by atoms with E-state index in [4.69, 9.17) is 14.2 Å². The number of nitrogens with one attached hydrogen (secondary N) is 1. The lowest BCUT2D eigenvalue weighted by molar-refractivity contribution is -0.385. The Bertz CT molecular complexity index is 958. The zero-order valence-corrected chi connectivity index (χ0v) is 18.5. The molecule has 1 aromatic carbocycles. The summed E-state index contributed by atoms with van der Waals surface area (Å²) in [6, 6.07) is 4.31. The van der Waals surface area contributed by atoms with Crippen molar-refractivity contribution >= 4 is 23.8 Å². The van der Waals surface area contributed by atoms with E-state index in [1.807, 2.05) is 0 Å². The molecule has 0 bridgehead atoms. The monoisotopic (exact) mass is 434 g/mol. The van der Waals surface area contributed by atoms with Gasteiger partial charge in [0.2, 0.25) is 5.95 Å². The summed E-state index contributed by atoms with van der Waals surface area (Å²) in [6.07, 6.45) is -0.630. The van der Waals surface area contributed by atoms with Crippen LogP contribution < -0.4 is 9.64 Å². The van der Waals surface area contributed by atoms with Gasteiger partial charge in [0.05, 0.1) is 23.9 Å². The minimum Gasteiger partial charge on any atom is -0.490 e. The van der Waals surface area contributed by atoms with Crippen molar-refractivity contribution in [2.75, 3.05) is 12.0 Å². The maximum absolute atomic E-state index is 12.7. The number of aromatic nitrogens is 2. The molecule has 1 heterocycles. The van der Waals surface area contributed by atoms with Crippen molar-refractivity contribution in [2.24, 2.45) is 0 Å². The van der Waals surface area contributed by atoms with Crippen LogP contribution in [0.1, 0.15) is 41.5 Å². The molecule has 0 unspecified atom stereocenters. The van der Waals surface area contributed by atoms with Gasteiger partial charge in [-0.2, -0.15) is 0 Å². The number of anilines is 1. The lowest BCUT2D eigenvalue weighted by atomic mass is 10.1. The van der Waals surface area contributed by atoms with E-state index in [2.05, 4.69) is 9.97 Å². The largest absolute Gasteiger partial charge is 0.490 e. The number of nitro groups is 1. The first-order valence-electron chi connectivity index (χ1n) is 9.36. The molecule has 0 saturated heterocycles. The highest BCUT2D eigenvalue weighted by Gasteiger charge is 2.34. The molecule has 11 heteroatoms. The standard InChI is InChI=1S/C20H26N4O7/c1-19(2,3)30-17(25)23(18(26)31-20(4,5)6)16-21-11-13(22-16)12-8-9-15(29-7)14(10-12)24(27)28/h8-11H,1-7H3,(H,21,22). The van der Waals surface area contributed by atoms with Crippen LogP contribution in [0.5, 0.6) is 5.75 Å². The summed E-state index contributed by atoms with van der Waals surface area (Å²) in [6.45, 7) is 9.93. The van der Waals surface area contributed by atoms with E-state index in [0.29, 0.717) is 16.2 Å². The van der Waals surface area contributed by atoms with Gasteiger partial charge in [-0.3, -0.25) is 10.1 Å². The molecule has 2 rings (SSSR count). The van der Waals surface area contributed by atoms with Gasteiger partial charge < -0.3 is 19.2 Å². The van der Waals surface area contributed by atoms with E-state index < -0.39 is 28.3 Å². The van der Waals surface area contributed by atoms with Crippen molar-refractivity contribution in [3.8, 4) is 17.0 Å². The van der Waals surface area contributed by atoms with Gasteiger partial charge in [0, 0.05) is 11.6 Å². The molecule has 0 fully saturated rings. The van der Waals surface area contributed by atoms with E-state index in [0.717, 1.165) is 0 Å². The number of nitro benzene ring substituents is 1. The predicted molar refractivity (Wildman–Crippen MR) is 112 cm³/mol. The Morgan fingerprint density at radius 2 is 1.61 bits per heavy atom. The molecule has 2 aromatic rings. The Morgan fingerprint density at radius 3 is 2.06 bits per heavy atom. The first-order valence-corrected chi connectivity index (χ1v) is 9.36. The van der Waals surface area contributed by atoms with Gasteiger partial charge in [0.15, 0.2) is 5.75 Å². The van der Waals surface area contributed by atoms with Crippen LogP contribution in [-0.2, 0) is 9.47 Å². The van der Waals surface area contributed by atoms with Crippen molar-refractivity contribution < 1.29 is 28.7 Å². The van der Waals surface area contributed by atoms with Crippen molar-refractivity contribution in [3.63, 3.8) is 0 Å². The minimum atomic E-state index is -0.983. The minimum absolute atomic E-state index is 0.0950. The van der Waals surface area contributed by atoms with E-state index in [-0.39, 0.29) is 17.4 Å². The van der Waals surface area contributed by atoms with Gasteiger partial charge >= 0.3 is 17.9 Å². The molecule has 31 heavy (non-hydrogen) atoms. The lowest BCUT2D eigenvalue weighted by Gasteiger charge is -2.27. The molecule has 0 aliphatic carbocycles. The predicted octanol–water partition coefficient (Wildman–Crippen LogP) is 4.67. The number of nitrogens with zero attached hydrogens (tertiary/aromatic N) is 3. The highest BCUT2D eigenvalue weighted by molar-refractivity contribution is 6.08. The third-order valence-corrected chi connectivity index (χ3v) is 3.61. The second kappa shape index (κ2) is 8.62. The summed E-state index contributed by atoms with van der Waals surface area (Å²) < 4.78 is 15.6. The van der Waals surface area contributed by atoms with Crippen molar-refractivity contribution in [3.05, 3.63) is 34.5 Å². The zero-order chi connectivity index (χ0) is 23.6. The molecular weight excluding hydrogens is 408 g/mol. The zero-order valence-electron chi connectivity index (χ0n) is 18.5. The summed E-state index contributed by atoms with van der Waals surface area (Å²) in [7, 11) is 1.33. The van der Waals surface area contributed by atoms with Crippen molar-refractivity contribution in [1.82, 2.24) is 9.97 Å². The summed E-state index contributed by atoms with van der Waals surface area (Å²) in [5, 5.41) is 11.3. The van der Waals surface area contributed by atoms with Crippen molar-refractivity contribution in [2.45, 2.75) is 52.7 Å². The Kier molecular flexibility index (Phi) is 6.58. The van der Waals surface area contributed by atoms with Crippen LogP contribution >= 0.6 is 0 Å². The average molecular weight is 434 g/mol. The fourth-order valence-corrected chi connectivity index (χ4v) is 2.43. The van der Waals surface area contributed by atoms with Gasteiger partial charge in [-0.15, -0.1) is 4.90 Å². The average Bonchev–Trinajstić information content (AvgIpc) is 3.07. The molecular formula is C20H26N4O7. The molecule has 1 aromatic heterocycles. The van der Waals surface area contributed by atoms with Crippen LogP contribution in [0, 0.1) is 10.1 Å². The Morgan fingerprint density at radius 1 is 1.06 bits per heavy atom. The van der Waals surface area contributed by atoms with Gasteiger partial charge in [-0.1, -0.05) is 0 Å². The van der Waals surface area contributed by atoms with E-state index >= 15 is 0 Å². The molecule has 0 spiro atoms. The third kappa shape index (κ3) is 6.17. The summed E-state index contributed by atoms with van der Waals surface area (Å²) in [4.78, 5) is 43.6. The quantitative estimate of drug-likeness (QED) is 0.541. The van der Waals surface area contributed by atoms with Crippen LogP contribution in [0.2, 0.25) is 0 Å². The van der Waals surface area contributed by atoms with Gasteiger partial charge in [-0.25, -0.2) is 14.6 Å². The fraction of sp³-hybridized carbons (Fsp3) is 0.450. The number of ether oxygens (including phenoxy) is 3. The van der Waals surface area contributed by atoms with E-state index in [1.165, 1.54) is 25.4 Å². The maximum Gasteiger partial charge on any atom is 0.427 e. The number of carbonyl (C=O) groups excluding carboxylic acids is 2. The number of hydrogen-bond acceptors (Lipinski definition) is 8. The molecule has 0 atom stereocenters. The van der Waals surface area contributed by atoms with Crippen LogP contribution in [-0.4, -0.2) is 45.4 Å². The molecule has 2 amide bonds. The maximum atomic E-state index is 12.7. The van der Waals surface area contributed by atoms with Crippen LogP contribution in [0.15, 0.2) is 24.4 Å². The van der Waals surface area contributed by atoms with Gasteiger partial charge in [0.1, 0.15) is 11.2 Å². The Hall–Kier alpha value is -3.63. The molecule has 0 aliphatic heterocycles. The number of imide groups is 1. The number of imidazole rings is 1. The first kappa shape index (κ1) is 23.6. The molecule has 168 valence electrons. The number of methoxy groups -OCH3 is 1. The van der Waals surface area contributed by atoms with E-state index in [9.17, 15) is 19.7 Å². The number of rotatable bonds is 4.